The fraction of sp³-hybridized carbons (Fsp3) is 0.577. The zero-order valence-corrected chi connectivity index (χ0v) is 20.4. The number of pyridine rings is 2. The molecule has 0 aromatic carbocycles. The highest BCUT2D eigenvalue weighted by Gasteiger charge is 2.32. The second-order valence-corrected chi connectivity index (χ2v) is 9.23. The summed E-state index contributed by atoms with van der Waals surface area (Å²) in [5.74, 6) is 1.04. The van der Waals surface area contributed by atoms with Crippen molar-refractivity contribution in [2.45, 2.75) is 57.4 Å². The maximum Gasteiger partial charge on any atom is 0.269 e. The van der Waals surface area contributed by atoms with E-state index in [0.29, 0.717) is 30.3 Å². The minimum absolute atomic E-state index is 0.00659. The molecule has 0 radical (unpaired) electrons. The van der Waals surface area contributed by atoms with Crippen molar-refractivity contribution in [1.29, 1.82) is 0 Å². The predicted molar refractivity (Wildman–Crippen MR) is 129 cm³/mol. The molecular formula is C26H34F2N4O3. The van der Waals surface area contributed by atoms with E-state index in [9.17, 15) is 13.6 Å². The Kier molecular flexibility index (Phi) is 8.49. The number of alkyl halides is 2. The van der Waals surface area contributed by atoms with Crippen LogP contribution in [0.15, 0.2) is 30.6 Å². The molecule has 1 saturated heterocycles. The Bertz CT molecular complexity index is 992. The standard InChI is InChI=1S/C26H34F2N4O3/c1-3-21(31-25(33)19-8-10-29-22(16-19)32-12-14-35-15-13-32)18-6-4-17(5-7-18)20-9-11-30-26(34-2)23(20)24(27)28/h8-11,16-18,21,24H,3-7,12-15H2,1-2H3,(H,31,33)/t17-,18+,21?. The van der Waals surface area contributed by atoms with E-state index in [1.165, 1.54) is 7.11 Å². The van der Waals surface area contributed by atoms with Gasteiger partial charge >= 0.3 is 0 Å². The molecule has 7 nitrogen and oxygen atoms in total. The number of anilines is 1. The van der Waals surface area contributed by atoms with Gasteiger partial charge in [-0.1, -0.05) is 6.92 Å². The summed E-state index contributed by atoms with van der Waals surface area (Å²) in [5, 5.41) is 3.23. The molecule has 35 heavy (non-hydrogen) atoms. The Hall–Kier alpha value is -2.81. The first-order valence-corrected chi connectivity index (χ1v) is 12.4. The number of amides is 1. The van der Waals surface area contributed by atoms with E-state index in [4.69, 9.17) is 9.47 Å². The smallest absolute Gasteiger partial charge is 0.269 e. The summed E-state index contributed by atoms with van der Waals surface area (Å²) in [7, 11) is 1.37. The fourth-order valence-corrected chi connectivity index (χ4v) is 5.37. The first-order chi connectivity index (χ1) is 17.0. The van der Waals surface area contributed by atoms with Crippen LogP contribution in [-0.2, 0) is 4.74 Å². The molecule has 1 aliphatic carbocycles. The Morgan fingerprint density at radius 2 is 1.89 bits per heavy atom. The van der Waals surface area contributed by atoms with Gasteiger partial charge in [-0.15, -0.1) is 0 Å². The van der Waals surface area contributed by atoms with Crippen LogP contribution >= 0.6 is 0 Å². The van der Waals surface area contributed by atoms with Crippen molar-refractivity contribution >= 4 is 11.7 Å². The normalized spacial score (nSPS) is 21.6. The summed E-state index contributed by atoms with van der Waals surface area (Å²) >= 11 is 0. The van der Waals surface area contributed by atoms with E-state index in [1.54, 1.807) is 24.5 Å². The van der Waals surface area contributed by atoms with Crippen LogP contribution in [-0.4, -0.2) is 55.3 Å². The van der Waals surface area contributed by atoms with Crippen molar-refractivity contribution in [3.05, 3.63) is 47.3 Å². The SMILES string of the molecule is CCC(NC(=O)c1ccnc(N2CCOCC2)c1)[C@H]1CC[C@@H](c2ccnc(OC)c2C(F)F)CC1. The highest BCUT2D eigenvalue weighted by atomic mass is 19.3. The van der Waals surface area contributed by atoms with Crippen LogP contribution in [0.25, 0.3) is 0 Å². The number of methoxy groups -OCH3 is 1. The summed E-state index contributed by atoms with van der Waals surface area (Å²) < 4.78 is 38.0. The Labute approximate surface area is 205 Å². The molecule has 2 aliphatic rings. The van der Waals surface area contributed by atoms with Crippen molar-refractivity contribution in [3.63, 3.8) is 0 Å². The average Bonchev–Trinajstić information content (AvgIpc) is 2.91. The van der Waals surface area contributed by atoms with Gasteiger partial charge in [-0.25, -0.2) is 18.7 Å². The van der Waals surface area contributed by atoms with Gasteiger partial charge in [0, 0.05) is 37.1 Å². The van der Waals surface area contributed by atoms with E-state index in [0.717, 1.165) is 51.0 Å². The van der Waals surface area contributed by atoms with Crippen LogP contribution in [0.5, 0.6) is 5.88 Å². The molecular weight excluding hydrogens is 454 g/mol. The van der Waals surface area contributed by atoms with Crippen molar-refractivity contribution in [1.82, 2.24) is 15.3 Å². The molecule has 190 valence electrons. The van der Waals surface area contributed by atoms with Crippen molar-refractivity contribution in [2.24, 2.45) is 5.92 Å². The third-order valence-corrected chi connectivity index (χ3v) is 7.28. The number of aromatic nitrogens is 2. The van der Waals surface area contributed by atoms with Crippen LogP contribution in [0, 0.1) is 5.92 Å². The zero-order chi connectivity index (χ0) is 24.8. The average molecular weight is 489 g/mol. The second kappa shape index (κ2) is 11.7. The minimum atomic E-state index is -2.63. The largest absolute Gasteiger partial charge is 0.481 e. The van der Waals surface area contributed by atoms with Gasteiger partial charge in [0.1, 0.15) is 5.82 Å². The van der Waals surface area contributed by atoms with Crippen molar-refractivity contribution in [2.75, 3.05) is 38.3 Å². The Balaban J connectivity index is 1.39. The maximum absolute atomic E-state index is 13.8. The van der Waals surface area contributed by atoms with Crippen LogP contribution in [0.2, 0.25) is 0 Å². The molecule has 0 bridgehead atoms. The van der Waals surface area contributed by atoms with E-state index >= 15 is 0 Å². The maximum atomic E-state index is 13.8. The quantitative estimate of drug-likeness (QED) is 0.578. The van der Waals surface area contributed by atoms with E-state index in [2.05, 4.69) is 27.1 Å². The molecule has 0 spiro atoms. The molecule has 1 N–H and O–H groups in total. The number of hydrogen-bond donors (Lipinski definition) is 1. The lowest BCUT2D eigenvalue weighted by Crippen LogP contribution is -2.41. The van der Waals surface area contributed by atoms with Gasteiger partial charge in [-0.05, 0) is 67.7 Å². The molecule has 1 aliphatic heterocycles. The van der Waals surface area contributed by atoms with Gasteiger partial charge in [0.2, 0.25) is 5.88 Å². The van der Waals surface area contributed by atoms with Crippen molar-refractivity contribution in [3.8, 4) is 5.88 Å². The number of halogens is 2. The molecule has 2 aromatic heterocycles. The second-order valence-electron chi connectivity index (χ2n) is 9.23. The molecule has 3 heterocycles. The summed E-state index contributed by atoms with van der Waals surface area (Å²) in [6.45, 7) is 4.91. The molecule has 1 saturated carbocycles. The highest BCUT2D eigenvalue weighted by molar-refractivity contribution is 5.95. The van der Waals surface area contributed by atoms with Crippen LogP contribution < -0.4 is 15.0 Å². The van der Waals surface area contributed by atoms with E-state index in [1.807, 2.05) is 6.07 Å². The fourth-order valence-electron chi connectivity index (χ4n) is 5.37. The third-order valence-electron chi connectivity index (χ3n) is 7.28. The molecule has 1 unspecified atom stereocenters. The molecule has 1 atom stereocenters. The first kappa shape index (κ1) is 25.3. The van der Waals surface area contributed by atoms with Crippen LogP contribution in [0.4, 0.5) is 14.6 Å². The van der Waals surface area contributed by atoms with E-state index in [-0.39, 0.29) is 29.3 Å². The number of rotatable bonds is 8. The monoisotopic (exact) mass is 488 g/mol. The summed E-state index contributed by atoms with van der Waals surface area (Å²) in [5.41, 5.74) is 1.14. The number of ether oxygens (including phenoxy) is 2. The minimum Gasteiger partial charge on any atom is -0.481 e. The van der Waals surface area contributed by atoms with Gasteiger partial charge in [-0.2, -0.15) is 0 Å². The first-order valence-electron chi connectivity index (χ1n) is 12.4. The van der Waals surface area contributed by atoms with Gasteiger partial charge in [0.15, 0.2) is 0 Å². The van der Waals surface area contributed by atoms with Gasteiger partial charge < -0.3 is 19.7 Å². The molecule has 4 rings (SSSR count). The van der Waals surface area contributed by atoms with Crippen LogP contribution in [0.3, 0.4) is 0 Å². The third kappa shape index (κ3) is 5.89. The molecule has 9 heteroatoms. The zero-order valence-electron chi connectivity index (χ0n) is 20.4. The van der Waals surface area contributed by atoms with Crippen molar-refractivity contribution < 1.29 is 23.0 Å². The number of carbonyl (C=O) groups is 1. The number of hydrogen-bond acceptors (Lipinski definition) is 6. The Morgan fingerprint density at radius 3 is 2.54 bits per heavy atom. The number of nitrogens with zero attached hydrogens (tertiary/aromatic N) is 3. The molecule has 2 fully saturated rings. The molecule has 2 aromatic rings. The van der Waals surface area contributed by atoms with Crippen LogP contribution in [0.1, 0.15) is 72.9 Å². The Morgan fingerprint density at radius 1 is 1.17 bits per heavy atom. The summed E-state index contributed by atoms with van der Waals surface area (Å²) in [6, 6.07) is 5.31. The lowest BCUT2D eigenvalue weighted by molar-refractivity contribution is 0.0908. The van der Waals surface area contributed by atoms with Gasteiger partial charge in [-0.3, -0.25) is 4.79 Å². The summed E-state index contributed by atoms with van der Waals surface area (Å²) in [6.07, 6.45) is 4.72. The molecule has 1 amide bonds. The lowest BCUT2D eigenvalue weighted by Gasteiger charge is -2.35. The number of carbonyl (C=O) groups excluding carboxylic acids is 1. The summed E-state index contributed by atoms with van der Waals surface area (Å²) in [4.78, 5) is 23.6. The lowest BCUT2D eigenvalue weighted by atomic mass is 9.74. The topological polar surface area (TPSA) is 76.6 Å². The van der Waals surface area contributed by atoms with E-state index < -0.39 is 6.43 Å². The number of nitrogens with one attached hydrogen (secondary N) is 1. The predicted octanol–water partition coefficient (Wildman–Crippen LogP) is 4.74. The highest BCUT2D eigenvalue weighted by Crippen LogP contribution is 2.42. The number of morpholine rings is 1. The van der Waals surface area contributed by atoms with Gasteiger partial charge in [0.25, 0.3) is 12.3 Å². The van der Waals surface area contributed by atoms with Gasteiger partial charge in [0.05, 0.1) is 25.9 Å².